The lowest BCUT2D eigenvalue weighted by atomic mass is 9.82. The van der Waals surface area contributed by atoms with E-state index in [4.69, 9.17) is 0 Å². The van der Waals surface area contributed by atoms with Gasteiger partial charge in [0, 0.05) is 60.0 Å². The molecule has 0 N–H and O–H groups in total. The minimum absolute atomic E-state index is 0.111. The monoisotopic (exact) mass is 1040 g/mol. The number of hydrogen-bond donors (Lipinski definition) is 0. The zero-order chi connectivity index (χ0) is 56.6. The maximum atomic E-state index is 10.7. The SMILES string of the molecule is CC(C)(C)c1ccc2c(c1)c1cc(C(C)(C)C)ccc1n2-c1c(-c2cccc(C#N)c2)cc(-c2cccc(C#N)c2)c(-n2c3ccc(C(C)(C)C)cc3c3cc(C(C)(C)C)ccc32)c1C(C)(C)n1c2ccccc2c2ccccc21. The van der Waals surface area contributed by atoms with Crippen LogP contribution in [0.2, 0.25) is 0 Å². The number of fused-ring (bicyclic) bond motifs is 9. The summed E-state index contributed by atoms with van der Waals surface area (Å²) < 4.78 is 7.70. The van der Waals surface area contributed by atoms with Crippen LogP contribution in [-0.4, -0.2) is 13.7 Å². The van der Waals surface area contributed by atoms with Crippen molar-refractivity contribution in [2.75, 3.05) is 0 Å². The maximum absolute atomic E-state index is 10.7. The van der Waals surface area contributed by atoms with E-state index in [9.17, 15) is 10.5 Å². The van der Waals surface area contributed by atoms with Gasteiger partial charge in [-0.15, -0.1) is 0 Å². The first-order valence-electron chi connectivity index (χ1n) is 28.3. The van der Waals surface area contributed by atoms with E-state index in [-0.39, 0.29) is 21.7 Å². The Morgan fingerprint density at radius 3 is 0.950 bits per heavy atom. The van der Waals surface area contributed by atoms with E-state index in [1.165, 1.54) is 54.6 Å². The van der Waals surface area contributed by atoms with Crippen LogP contribution in [0, 0.1) is 22.7 Å². The number of nitriles is 2. The third kappa shape index (κ3) is 8.32. The van der Waals surface area contributed by atoms with Crippen molar-refractivity contribution in [3.8, 4) is 45.8 Å². The fourth-order valence-electron chi connectivity index (χ4n) is 12.7. The summed E-state index contributed by atoms with van der Waals surface area (Å²) in [5.74, 6) is 0. The molecule has 0 amide bonds. The predicted octanol–water partition coefficient (Wildman–Crippen LogP) is 20.0. The summed E-state index contributed by atoms with van der Waals surface area (Å²) in [4.78, 5) is 0. The Labute approximate surface area is 472 Å². The molecule has 5 nitrogen and oxygen atoms in total. The van der Waals surface area contributed by atoms with Gasteiger partial charge in [-0.25, -0.2) is 0 Å². The van der Waals surface area contributed by atoms with Gasteiger partial charge < -0.3 is 13.7 Å². The van der Waals surface area contributed by atoms with Gasteiger partial charge in [0.05, 0.1) is 62.2 Å². The molecular weight excluding hydrogens is 971 g/mol. The summed E-state index contributed by atoms with van der Waals surface area (Å²) in [6, 6.07) is 69.8. The van der Waals surface area contributed by atoms with E-state index < -0.39 is 5.54 Å². The van der Waals surface area contributed by atoms with Crippen molar-refractivity contribution in [3.05, 3.63) is 215 Å². The van der Waals surface area contributed by atoms with E-state index in [0.717, 1.165) is 72.3 Å². The van der Waals surface area contributed by atoms with Gasteiger partial charge in [-0.05, 0) is 160 Å². The molecule has 0 fully saturated rings. The highest BCUT2D eigenvalue weighted by molar-refractivity contribution is 6.14. The van der Waals surface area contributed by atoms with Gasteiger partial charge >= 0.3 is 0 Å². The standard InChI is InChI=1S/C75H71N5/c1-71(2,3)50-29-33-62-58(39-50)59-40-51(72(4,5)6)30-34-63(59)78(62)69-56(48-23-19-21-46(37-48)44-76)43-57(49-24-20-22-47(38-49)45-77)70(68(69)75(13,14)80-66-27-17-15-25-54(66)55-26-16-18-28-67(55)80)79-64-35-31-52(73(7,8)9)41-60(64)61-42-53(74(10,11)12)32-36-65(61)79/h15-43H,1-14H3. The quantitative estimate of drug-likeness (QED) is 0.167. The van der Waals surface area contributed by atoms with E-state index in [1.807, 2.05) is 24.3 Å². The third-order valence-electron chi connectivity index (χ3n) is 17.1. The summed E-state index contributed by atoms with van der Waals surface area (Å²) in [5.41, 5.74) is 18.4. The van der Waals surface area contributed by atoms with Gasteiger partial charge in [0.25, 0.3) is 0 Å². The molecule has 9 aromatic carbocycles. The van der Waals surface area contributed by atoms with Gasteiger partial charge in [0.2, 0.25) is 0 Å². The zero-order valence-corrected chi connectivity index (χ0v) is 49.0. The van der Waals surface area contributed by atoms with Crippen molar-refractivity contribution in [2.45, 2.75) is 124 Å². The lowest BCUT2D eigenvalue weighted by Crippen LogP contribution is -2.31. The molecule has 3 aromatic heterocycles. The second kappa shape index (κ2) is 18.2. The smallest absolute Gasteiger partial charge is 0.0991 e. The minimum atomic E-state index is -0.864. The molecule has 396 valence electrons. The number of para-hydroxylation sites is 2. The molecule has 0 radical (unpaired) electrons. The van der Waals surface area contributed by atoms with E-state index >= 15 is 0 Å². The molecule has 0 saturated heterocycles. The Hall–Kier alpha value is -8.64. The lowest BCUT2D eigenvalue weighted by Gasteiger charge is -2.37. The number of nitrogens with zero attached hydrogens (tertiary/aromatic N) is 5. The van der Waals surface area contributed by atoms with Gasteiger partial charge in [0.1, 0.15) is 0 Å². The zero-order valence-electron chi connectivity index (χ0n) is 49.0. The molecule has 12 rings (SSSR count). The van der Waals surface area contributed by atoms with Crippen LogP contribution in [0.15, 0.2) is 176 Å². The molecule has 0 bridgehead atoms. The van der Waals surface area contributed by atoms with Gasteiger partial charge in [-0.3, -0.25) is 0 Å². The molecule has 0 atom stereocenters. The molecule has 0 aliphatic heterocycles. The maximum Gasteiger partial charge on any atom is 0.0991 e. The van der Waals surface area contributed by atoms with E-state index in [2.05, 4.69) is 274 Å². The molecule has 5 heteroatoms. The van der Waals surface area contributed by atoms with Crippen LogP contribution in [0.5, 0.6) is 0 Å². The highest BCUT2D eigenvalue weighted by Crippen LogP contribution is 2.53. The van der Waals surface area contributed by atoms with Crippen molar-refractivity contribution >= 4 is 65.4 Å². The van der Waals surface area contributed by atoms with Crippen LogP contribution in [0.3, 0.4) is 0 Å². The fourth-order valence-corrected chi connectivity index (χ4v) is 12.7. The first-order valence-corrected chi connectivity index (χ1v) is 28.3. The Balaban J connectivity index is 1.42. The van der Waals surface area contributed by atoms with Crippen molar-refractivity contribution < 1.29 is 0 Å². The third-order valence-corrected chi connectivity index (χ3v) is 17.1. The predicted molar refractivity (Wildman–Crippen MR) is 338 cm³/mol. The first kappa shape index (κ1) is 52.1. The van der Waals surface area contributed by atoms with Crippen LogP contribution < -0.4 is 0 Å². The second-order valence-electron chi connectivity index (χ2n) is 27.0. The van der Waals surface area contributed by atoms with Crippen LogP contribution in [0.1, 0.15) is 136 Å². The summed E-state index contributed by atoms with van der Waals surface area (Å²) in [6.07, 6.45) is 0. The summed E-state index contributed by atoms with van der Waals surface area (Å²) in [6.45, 7) is 32.4. The highest BCUT2D eigenvalue weighted by Gasteiger charge is 2.39. The van der Waals surface area contributed by atoms with Crippen LogP contribution >= 0.6 is 0 Å². The molecule has 0 unspecified atom stereocenters. The molecule has 0 aliphatic carbocycles. The summed E-state index contributed by atoms with van der Waals surface area (Å²) in [7, 11) is 0. The first-order chi connectivity index (χ1) is 37.9. The van der Waals surface area contributed by atoms with Gasteiger partial charge in [-0.1, -0.05) is 168 Å². The Morgan fingerprint density at radius 2 is 0.637 bits per heavy atom. The highest BCUT2D eigenvalue weighted by atomic mass is 15.1. The van der Waals surface area contributed by atoms with Crippen LogP contribution in [0.25, 0.3) is 99.0 Å². The lowest BCUT2D eigenvalue weighted by molar-refractivity contribution is 0.462. The van der Waals surface area contributed by atoms with Crippen molar-refractivity contribution in [1.29, 1.82) is 10.5 Å². The molecule has 12 aromatic rings. The van der Waals surface area contributed by atoms with Gasteiger partial charge in [0.15, 0.2) is 0 Å². The number of benzene rings is 9. The van der Waals surface area contributed by atoms with Crippen molar-refractivity contribution in [1.82, 2.24) is 13.7 Å². The Morgan fingerprint density at radius 1 is 0.312 bits per heavy atom. The van der Waals surface area contributed by atoms with Crippen LogP contribution in [-0.2, 0) is 27.2 Å². The average molecular weight is 1040 g/mol. The van der Waals surface area contributed by atoms with Crippen LogP contribution in [0.4, 0.5) is 0 Å². The second-order valence-corrected chi connectivity index (χ2v) is 27.0. The molecule has 0 spiro atoms. The van der Waals surface area contributed by atoms with Crippen molar-refractivity contribution in [3.63, 3.8) is 0 Å². The molecule has 80 heavy (non-hydrogen) atoms. The molecule has 0 aliphatic rings. The minimum Gasteiger partial charge on any atom is -0.330 e. The fraction of sp³-hybridized carbons (Fsp3) is 0.253. The Bertz CT molecular complexity index is 4190. The number of rotatable bonds is 6. The molecule has 0 saturated carbocycles. The van der Waals surface area contributed by atoms with Gasteiger partial charge in [-0.2, -0.15) is 10.5 Å². The Kier molecular flexibility index (Phi) is 11.9. The van der Waals surface area contributed by atoms with E-state index in [0.29, 0.717) is 11.1 Å². The van der Waals surface area contributed by atoms with Crippen molar-refractivity contribution in [2.24, 2.45) is 0 Å². The van der Waals surface area contributed by atoms with E-state index in [1.54, 1.807) is 0 Å². The summed E-state index contributed by atoms with van der Waals surface area (Å²) >= 11 is 0. The molecular formula is C75H71N5. The molecule has 3 heterocycles. The number of aromatic nitrogens is 3. The normalized spacial score (nSPS) is 12.8. The topological polar surface area (TPSA) is 62.4 Å². The average Bonchev–Trinajstić information content (AvgIpc) is 2.12. The largest absolute Gasteiger partial charge is 0.330 e. The summed E-state index contributed by atoms with van der Waals surface area (Å²) in [5, 5.41) is 28.6. The number of hydrogen-bond acceptors (Lipinski definition) is 2.